The summed E-state index contributed by atoms with van der Waals surface area (Å²) in [5.74, 6) is 1.47. The Labute approximate surface area is 166 Å². The van der Waals surface area contributed by atoms with Crippen molar-refractivity contribution in [3.63, 3.8) is 0 Å². The Bertz CT molecular complexity index is 1130. The Kier molecular flexibility index (Phi) is 4.19. The molecular weight excluding hydrogens is 370 g/mol. The largest absolute Gasteiger partial charge is 0.370 e. The van der Waals surface area contributed by atoms with Gasteiger partial charge < -0.3 is 10.6 Å². The minimum Gasteiger partial charge on any atom is -0.370 e. The van der Waals surface area contributed by atoms with Gasteiger partial charge in [-0.05, 0) is 37.0 Å². The number of rotatable bonds is 6. The summed E-state index contributed by atoms with van der Waals surface area (Å²) in [4.78, 5) is 32.2. The highest BCUT2D eigenvalue weighted by molar-refractivity contribution is 6.15. The Hall–Kier alpha value is -3.75. The van der Waals surface area contributed by atoms with E-state index in [2.05, 4.69) is 31.0 Å². The van der Waals surface area contributed by atoms with Gasteiger partial charge in [0, 0.05) is 29.9 Å². The normalized spacial score (nSPS) is 17.7. The SMILES string of the molecule is O=C1C/C(=C\c2cnn3c(NCC4CC4)cc(Nc4cccnc4)nc23)C(=O)N1. The van der Waals surface area contributed by atoms with Gasteiger partial charge >= 0.3 is 0 Å². The van der Waals surface area contributed by atoms with Crippen molar-refractivity contribution in [3.8, 4) is 0 Å². The molecule has 2 aliphatic rings. The highest BCUT2D eigenvalue weighted by Crippen LogP contribution is 2.30. The number of fused-ring (bicyclic) bond motifs is 1. The van der Waals surface area contributed by atoms with Crippen LogP contribution in [0.4, 0.5) is 17.3 Å². The minimum absolute atomic E-state index is 0.0661. The second-order valence-electron chi connectivity index (χ2n) is 7.28. The maximum Gasteiger partial charge on any atom is 0.254 e. The van der Waals surface area contributed by atoms with E-state index < -0.39 is 0 Å². The third-order valence-corrected chi connectivity index (χ3v) is 4.93. The van der Waals surface area contributed by atoms with E-state index in [0.29, 0.717) is 28.5 Å². The van der Waals surface area contributed by atoms with Gasteiger partial charge in [0.25, 0.3) is 5.91 Å². The van der Waals surface area contributed by atoms with Crippen LogP contribution in [0.1, 0.15) is 24.8 Å². The number of carbonyl (C=O) groups is 2. The van der Waals surface area contributed by atoms with Crippen LogP contribution >= 0.6 is 0 Å². The van der Waals surface area contributed by atoms with E-state index in [1.807, 2.05) is 18.2 Å². The summed E-state index contributed by atoms with van der Waals surface area (Å²) in [6.07, 6.45) is 9.30. The number of pyridine rings is 1. The number of hydrogen-bond donors (Lipinski definition) is 3. The predicted molar refractivity (Wildman–Crippen MR) is 107 cm³/mol. The quantitative estimate of drug-likeness (QED) is 0.437. The first-order valence-electron chi connectivity index (χ1n) is 9.50. The summed E-state index contributed by atoms with van der Waals surface area (Å²) in [5, 5.41) is 13.4. The molecule has 2 fully saturated rings. The first-order chi connectivity index (χ1) is 14.2. The number of aromatic nitrogens is 4. The topological polar surface area (TPSA) is 113 Å². The van der Waals surface area contributed by atoms with Crippen molar-refractivity contribution >= 4 is 40.9 Å². The van der Waals surface area contributed by atoms with Crippen LogP contribution in [0.3, 0.4) is 0 Å². The van der Waals surface area contributed by atoms with Crippen LogP contribution in [0.2, 0.25) is 0 Å². The van der Waals surface area contributed by atoms with E-state index in [0.717, 1.165) is 18.1 Å². The molecule has 2 amide bonds. The molecule has 0 spiro atoms. The van der Waals surface area contributed by atoms with Gasteiger partial charge in [-0.1, -0.05) is 0 Å². The monoisotopic (exact) mass is 389 g/mol. The van der Waals surface area contributed by atoms with E-state index in [1.54, 1.807) is 29.2 Å². The maximum atomic E-state index is 11.9. The summed E-state index contributed by atoms with van der Waals surface area (Å²) in [7, 11) is 0. The molecular formula is C20H19N7O2. The molecule has 3 aromatic rings. The van der Waals surface area contributed by atoms with Crippen LogP contribution < -0.4 is 16.0 Å². The summed E-state index contributed by atoms with van der Waals surface area (Å²) < 4.78 is 1.72. The molecule has 3 aromatic heterocycles. The van der Waals surface area contributed by atoms with Crippen molar-refractivity contribution < 1.29 is 9.59 Å². The Balaban J connectivity index is 1.55. The molecule has 0 atom stereocenters. The van der Waals surface area contributed by atoms with Crippen LogP contribution in [-0.2, 0) is 9.59 Å². The second-order valence-corrected chi connectivity index (χ2v) is 7.28. The highest BCUT2D eigenvalue weighted by Gasteiger charge is 2.25. The van der Waals surface area contributed by atoms with Gasteiger partial charge in [-0.3, -0.25) is 19.9 Å². The predicted octanol–water partition coefficient (Wildman–Crippen LogP) is 2.12. The lowest BCUT2D eigenvalue weighted by atomic mass is 10.1. The molecule has 1 aliphatic carbocycles. The first-order valence-corrected chi connectivity index (χ1v) is 9.50. The van der Waals surface area contributed by atoms with Crippen molar-refractivity contribution in [1.29, 1.82) is 0 Å². The second kappa shape index (κ2) is 7.01. The van der Waals surface area contributed by atoms with Gasteiger partial charge in [-0.25, -0.2) is 4.98 Å². The molecule has 0 unspecified atom stereocenters. The zero-order valence-corrected chi connectivity index (χ0v) is 15.6. The van der Waals surface area contributed by atoms with Gasteiger partial charge in [0.05, 0.1) is 24.5 Å². The first kappa shape index (κ1) is 17.4. The fourth-order valence-corrected chi connectivity index (χ4v) is 3.24. The third kappa shape index (κ3) is 3.66. The molecule has 5 rings (SSSR count). The van der Waals surface area contributed by atoms with E-state index in [9.17, 15) is 9.59 Å². The summed E-state index contributed by atoms with van der Waals surface area (Å²) in [5.41, 5.74) is 2.49. The average molecular weight is 389 g/mol. The Morgan fingerprint density at radius 3 is 2.90 bits per heavy atom. The van der Waals surface area contributed by atoms with Crippen LogP contribution in [-0.4, -0.2) is 37.9 Å². The lowest BCUT2D eigenvalue weighted by Gasteiger charge is -2.11. The van der Waals surface area contributed by atoms with Crippen LogP contribution in [0.15, 0.2) is 42.4 Å². The lowest BCUT2D eigenvalue weighted by molar-refractivity contribution is -0.124. The number of hydrogen-bond acceptors (Lipinski definition) is 7. The summed E-state index contributed by atoms with van der Waals surface area (Å²) in [6, 6.07) is 5.65. The number of imide groups is 1. The van der Waals surface area contributed by atoms with Crippen LogP contribution in [0, 0.1) is 5.92 Å². The minimum atomic E-state index is -0.369. The summed E-state index contributed by atoms with van der Waals surface area (Å²) >= 11 is 0. The number of amides is 2. The number of nitrogens with one attached hydrogen (secondary N) is 3. The molecule has 0 aromatic carbocycles. The number of anilines is 3. The van der Waals surface area contributed by atoms with Gasteiger partial charge in [-0.2, -0.15) is 9.61 Å². The standard InChI is InChI=1S/C20H19N7O2/c28-18-7-13(20(29)26-18)6-14-10-23-27-17(22-9-12-3-4-12)8-16(25-19(14)27)24-15-2-1-5-21-11-15/h1-2,5-6,8,10-12,22H,3-4,7,9H2,(H,24,25)(H,26,28,29)/b13-6+. The van der Waals surface area contributed by atoms with E-state index in [4.69, 9.17) is 0 Å². The molecule has 1 aliphatic heterocycles. The fraction of sp³-hybridized carbons (Fsp3) is 0.250. The zero-order valence-electron chi connectivity index (χ0n) is 15.6. The van der Waals surface area contributed by atoms with E-state index in [-0.39, 0.29) is 18.2 Å². The van der Waals surface area contributed by atoms with Crippen molar-refractivity contribution in [3.05, 3.63) is 47.9 Å². The van der Waals surface area contributed by atoms with Gasteiger partial charge in [0.15, 0.2) is 5.65 Å². The fourth-order valence-electron chi connectivity index (χ4n) is 3.24. The van der Waals surface area contributed by atoms with Crippen molar-refractivity contribution in [2.75, 3.05) is 17.2 Å². The maximum absolute atomic E-state index is 11.9. The van der Waals surface area contributed by atoms with Gasteiger partial charge in [0.1, 0.15) is 11.6 Å². The molecule has 9 heteroatoms. The molecule has 4 heterocycles. The molecule has 0 radical (unpaired) electrons. The lowest BCUT2D eigenvalue weighted by Crippen LogP contribution is -2.19. The van der Waals surface area contributed by atoms with E-state index >= 15 is 0 Å². The molecule has 9 nitrogen and oxygen atoms in total. The third-order valence-electron chi connectivity index (χ3n) is 4.93. The zero-order chi connectivity index (χ0) is 19.8. The van der Waals surface area contributed by atoms with E-state index in [1.165, 1.54) is 12.8 Å². The van der Waals surface area contributed by atoms with Crippen LogP contribution in [0.5, 0.6) is 0 Å². The molecule has 146 valence electrons. The Morgan fingerprint density at radius 2 is 2.17 bits per heavy atom. The molecule has 1 saturated heterocycles. The summed E-state index contributed by atoms with van der Waals surface area (Å²) in [6.45, 7) is 0.874. The number of carbonyl (C=O) groups excluding carboxylic acids is 2. The average Bonchev–Trinajstić information content (AvgIpc) is 3.38. The van der Waals surface area contributed by atoms with Crippen molar-refractivity contribution in [1.82, 2.24) is 24.9 Å². The highest BCUT2D eigenvalue weighted by atomic mass is 16.2. The van der Waals surface area contributed by atoms with Crippen LogP contribution in [0.25, 0.3) is 11.7 Å². The van der Waals surface area contributed by atoms with Gasteiger partial charge in [-0.15, -0.1) is 0 Å². The molecule has 0 bridgehead atoms. The van der Waals surface area contributed by atoms with Crippen molar-refractivity contribution in [2.45, 2.75) is 19.3 Å². The number of nitrogens with zero attached hydrogens (tertiary/aromatic N) is 4. The van der Waals surface area contributed by atoms with Gasteiger partial charge in [0.2, 0.25) is 5.91 Å². The molecule has 1 saturated carbocycles. The van der Waals surface area contributed by atoms with Crippen molar-refractivity contribution in [2.24, 2.45) is 5.92 Å². The smallest absolute Gasteiger partial charge is 0.254 e. The molecule has 29 heavy (non-hydrogen) atoms. The Morgan fingerprint density at radius 1 is 1.28 bits per heavy atom. The molecule has 3 N–H and O–H groups in total.